The van der Waals surface area contributed by atoms with Crippen molar-refractivity contribution in [3.05, 3.63) is 11.8 Å². The van der Waals surface area contributed by atoms with E-state index in [1.165, 1.54) is 0 Å². The summed E-state index contributed by atoms with van der Waals surface area (Å²) in [6.07, 6.45) is 2.27. The van der Waals surface area contributed by atoms with Crippen molar-refractivity contribution in [1.82, 2.24) is 9.97 Å². The van der Waals surface area contributed by atoms with Gasteiger partial charge in [-0.25, -0.2) is 4.98 Å². The Labute approximate surface area is 118 Å². The number of aliphatic carboxylic acids is 1. The van der Waals surface area contributed by atoms with Crippen molar-refractivity contribution < 1.29 is 14.6 Å². The number of rotatable bonds is 7. The quantitative estimate of drug-likeness (QED) is 0.823. The Morgan fingerprint density at radius 3 is 2.75 bits per heavy atom. The summed E-state index contributed by atoms with van der Waals surface area (Å²) in [6.45, 7) is 6.21. The fourth-order valence-corrected chi connectivity index (χ4v) is 2.00. The average molecular weight is 279 g/mol. The van der Waals surface area contributed by atoms with Gasteiger partial charge in [-0.15, -0.1) is 0 Å². The van der Waals surface area contributed by atoms with E-state index in [0.29, 0.717) is 24.4 Å². The van der Waals surface area contributed by atoms with Gasteiger partial charge in [0.05, 0.1) is 12.5 Å². The van der Waals surface area contributed by atoms with Gasteiger partial charge in [-0.3, -0.25) is 4.79 Å². The van der Waals surface area contributed by atoms with Gasteiger partial charge in [-0.05, 0) is 33.6 Å². The van der Waals surface area contributed by atoms with Crippen molar-refractivity contribution in [3.8, 4) is 5.88 Å². The monoisotopic (exact) mass is 279 g/mol. The van der Waals surface area contributed by atoms with Gasteiger partial charge < -0.3 is 14.7 Å². The maximum Gasteiger partial charge on any atom is 0.305 e. The summed E-state index contributed by atoms with van der Waals surface area (Å²) >= 11 is 0. The molecule has 20 heavy (non-hydrogen) atoms. The average Bonchev–Trinajstić information content (AvgIpc) is 3.11. The van der Waals surface area contributed by atoms with E-state index >= 15 is 0 Å². The largest absolute Gasteiger partial charge is 0.481 e. The molecule has 0 radical (unpaired) electrons. The predicted octanol–water partition coefficient (Wildman–Crippen LogP) is 2.02. The minimum atomic E-state index is -0.804. The van der Waals surface area contributed by atoms with Gasteiger partial charge in [-0.1, -0.05) is 0 Å². The highest BCUT2D eigenvalue weighted by molar-refractivity contribution is 5.67. The predicted molar refractivity (Wildman–Crippen MR) is 75.2 cm³/mol. The van der Waals surface area contributed by atoms with Gasteiger partial charge in [-0.2, -0.15) is 4.98 Å². The molecule has 2 rings (SSSR count). The fraction of sp³-hybridized carbons (Fsp3) is 0.643. The number of anilines is 1. The van der Waals surface area contributed by atoms with Gasteiger partial charge in [0.1, 0.15) is 0 Å². The molecule has 0 aliphatic heterocycles. The lowest BCUT2D eigenvalue weighted by molar-refractivity contribution is -0.136. The first-order valence-corrected chi connectivity index (χ1v) is 6.96. The summed E-state index contributed by atoms with van der Waals surface area (Å²) in [5, 5.41) is 8.85. The van der Waals surface area contributed by atoms with Crippen molar-refractivity contribution in [2.24, 2.45) is 0 Å². The molecule has 1 N–H and O–H groups in total. The number of carboxylic acid groups (broad SMARTS) is 1. The van der Waals surface area contributed by atoms with Crippen LogP contribution in [0.5, 0.6) is 5.88 Å². The Kier molecular flexibility index (Phi) is 4.42. The smallest absolute Gasteiger partial charge is 0.305 e. The van der Waals surface area contributed by atoms with Crippen LogP contribution in [0.15, 0.2) is 6.07 Å². The molecular formula is C14H21N3O3. The summed E-state index contributed by atoms with van der Waals surface area (Å²) in [4.78, 5) is 21.6. The van der Waals surface area contributed by atoms with Crippen LogP contribution in [0.3, 0.4) is 0 Å². The number of hydrogen-bond donors (Lipinski definition) is 1. The first-order valence-electron chi connectivity index (χ1n) is 6.96. The topological polar surface area (TPSA) is 75.5 Å². The summed E-state index contributed by atoms with van der Waals surface area (Å²) in [5.41, 5.74) is 0.826. The normalized spacial score (nSPS) is 14.4. The number of nitrogens with zero attached hydrogens (tertiary/aromatic N) is 3. The first-order chi connectivity index (χ1) is 9.45. The van der Waals surface area contributed by atoms with Crippen LogP contribution in [0.1, 0.15) is 38.8 Å². The molecule has 0 unspecified atom stereocenters. The molecule has 0 saturated heterocycles. The standard InChI is InChI=1S/C14H21N3O3/c1-9(2)20-12-8-10(3)15-14(16-12)17(11-4-5-11)7-6-13(18)19/h8-9,11H,4-7H2,1-3H3,(H,18,19). The molecule has 1 aliphatic rings. The Morgan fingerprint density at radius 2 is 2.20 bits per heavy atom. The zero-order valence-corrected chi connectivity index (χ0v) is 12.2. The minimum absolute atomic E-state index is 0.0468. The summed E-state index contributed by atoms with van der Waals surface area (Å²) in [6, 6.07) is 2.16. The zero-order chi connectivity index (χ0) is 14.7. The molecule has 0 atom stereocenters. The molecule has 110 valence electrons. The van der Waals surface area contributed by atoms with E-state index in [2.05, 4.69) is 9.97 Å². The van der Waals surface area contributed by atoms with Gasteiger partial charge in [0, 0.05) is 24.3 Å². The van der Waals surface area contributed by atoms with Crippen molar-refractivity contribution >= 4 is 11.9 Å². The summed E-state index contributed by atoms with van der Waals surface area (Å²) < 4.78 is 5.62. The second kappa shape index (κ2) is 6.07. The molecule has 6 nitrogen and oxygen atoms in total. The molecule has 0 spiro atoms. The molecule has 1 aromatic rings. The fourth-order valence-electron chi connectivity index (χ4n) is 2.00. The molecule has 1 aliphatic carbocycles. The van der Waals surface area contributed by atoms with E-state index in [1.54, 1.807) is 6.07 Å². The molecule has 1 heterocycles. The number of carboxylic acids is 1. The molecule has 1 saturated carbocycles. The van der Waals surface area contributed by atoms with Crippen LogP contribution in [-0.2, 0) is 4.79 Å². The molecule has 0 aromatic carbocycles. The van der Waals surface area contributed by atoms with Gasteiger partial charge in [0.2, 0.25) is 11.8 Å². The summed E-state index contributed by atoms with van der Waals surface area (Å²) in [7, 11) is 0. The van der Waals surface area contributed by atoms with E-state index < -0.39 is 5.97 Å². The summed E-state index contributed by atoms with van der Waals surface area (Å²) in [5.74, 6) is 0.315. The van der Waals surface area contributed by atoms with Gasteiger partial charge in [0.25, 0.3) is 0 Å². The third-order valence-electron chi connectivity index (χ3n) is 2.99. The Hall–Kier alpha value is -1.85. The van der Waals surface area contributed by atoms with E-state index in [4.69, 9.17) is 9.84 Å². The highest BCUT2D eigenvalue weighted by Gasteiger charge is 2.31. The third-order valence-corrected chi connectivity index (χ3v) is 2.99. The van der Waals surface area contributed by atoms with Crippen molar-refractivity contribution in [2.75, 3.05) is 11.4 Å². The van der Waals surface area contributed by atoms with Gasteiger partial charge >= 0.3 is 5.97 Å². The van der Waals surface area contributed by atoms with Crippen LogP contribution in [-0.4, -0.2) is 39.7 Å². The second-order valence-corrected chi connectivity index (χ2v) is 5.38. The molecule has 0 bridgehead atoms. The van der Waals surface area contributed by atoms with Crippen LogP contribution >= 0.6 is 0 Å². The van der Waals surface area contributed by atoms with Crippen molar-refractivity contribution in [1.29, 1.82) is 0 Å². The number of aryl methyl sites for hydroxylation is 1. The lowest BCUT2D eigenvalue weighted by Gasteiger charge is -2.22. The van der Waals surface area contributed by atoms with Crippen LogP contribution in [0.4, 0.5) is 5.95 Å². The molecular weight excluding hydrogens is 258 g/mol. The van der Waals surface area contributed by atoms with Crippen molar-refractivity contribution in [2.45, 2.75) is 52.2 Å². The number of carbonyl (C=O) groups is 1. The molecule has 1 fully saturated rings. The van der Waals surface area contributed by atoms with E-state index in [9.17, 15) is 4.79 Å². The maximum absolute atomic E-state index is 10.8. The van der Waals surface area contributed by atoms with Crippen LogP contribution in [0.2, 0.25) is 0 Å². The third kappa shape index (κ3) is 4.08. The highest BCUT2D eigenvalue weighted by atomic mass is 16.5. The Morgan fingerprint density at radius 1 is 1.50 bits per heavy atom. The highest BCUT2D eigenvalue weighted by Crippen LogP contribution is 2.30. The van der Waals surface area contributed by atoms with Crippen LogP contribution < -0.4 is 9.64 Å². The van der Waals surface area contributed by atoms with Crippen LogP contribution in [0.25, 0.3) is 0 Å². The maximum atomic E-state index is 10.8. The number of aromatic nitrogens is 2. The number of hydrogen-bond acceptors (Lipinski definition) is 5. The molecule has 6 heteroatoms. The molecule has 1 aromatic heterocycles. The lowest BCUT2D eigenvalue weighted by atomic mass is 10.3. The first kappa shape index (κ1) is 14.6. The van der Waals surface area contributed by atoms with E-state index in [0.717, 1.165) is 18.5 Å². The zero-order valence-electron chi connectivity index (χ0n) is 12.2. The molecule has 0 amide bonds. The Balaban J connectivity index is 2.18. The van der Waals surface area contributed by atoms with E-state index in [1.807, 2.05) is 25.7 Å². The van der Waals surface area contributed by atoms with Gasteiger partial charge in [0.15, 0.2) is 0 Å². The van der Waals surface area contributed by atoms with Crippen LogP contribution in [0, 0.1) is 6.92 Å². The van der Waals surface area contributed by atoms with Crippen molar-refractivity contribution in [3.63, 3.8) is 0 Å². The SMILES string of the molecule is Cc1cc(OC(C)C)nc(N(CCC(=O)O)C2CC2)n1. The Bertz CT molecular complexity index is 487. The van der Waals surface area contributed by atoms with E-state index in [-0.39, 0.29) is 12.5 Å². The minimum Gasteiger partial charge on any atom is -0.481 e. The second-order valence-electron chi connectivity index (χ2n) is 5.38. The lowest BCUT2D eigenvalue weighted by Crippen LogP contribution is -2.30. The number of ether oxygens (including phenoxy) is 1.